The van der Waals surface area contributed by atoms with Crippen LogP contribution in [-0.4, -0.2) is 51.4 Å². The summed E-state index contributed by atoms with van der Waals surface area (Å²) in [6.07, 6.45) is 2.99. The van der Waals surface area contributed by atoms with Gasteiger partial charge in [0.15, 0.2) is 16.9 Å². The molecule has 6 rings (SSSR count). The van der Waals surface area contributed by atoms with Gasteiger partial charge < -0.3 is 14.6 Å². The quantitative estimate of drug-likeness (QED) is 0.237. The van der Waals surface area contributed by atoms with Gasteiger partial charge in [-0.1, -0.05) is 30.3 Å². The van der Waals surface area contributed by atoms with Crippen molar-refractivity contribution >= 4 is 28.5 Å². The third-order valence-electron chi connectivity index (χ3n) is 7.84. The molecule has 4 heterocycles. The van der Waals surface area contributed by atoms with Crippen LogP contribution < -0.4 is 5.32 Å². The Kier molecular flexibility index (Phi) is 7.55. The number of hydrogen-bond acceptors (Lipinski definition) is 7. The molecular formula is C32H33FN7O3+. The maximum atomic E-state index is 14.0. The van der Waals surface area contributed by atoms with Crippen molar-refractivity contribution in [2.24, 2.45) is 21.4 Å². The Morgan fingerprint density at radius 3 is 2.53 bits per heavy atom. The number of anilines is 1. The molecule has 43 heavy (non-hydrogen) atoms. The Morgan fingerprint density at radius 2 is 1.84 bits per heavy atom. The first-order chi connectivity index (χ1) is 20.7. The molecule has 2 atom stereocenters. The second-order valence-electron chi connectivity index (χ2n) is 11.5. The Balaban J connectivity index is 1.16. The molecule has 2 unspecified atom stereocenters. The topological polar surface area (TPSA) is 116 Å². The molecule has 0 bridgehead atoms. The third-order valence-corrected chi connectivity index (χ3v) is 7.84. The van der Waals surface area contributed by atoms with Crippen molar-refractivity contribution in [3.8, 4) is 11.3 Å². The lowest BCUT2D eigenvalue weighted by atomic mass is 9.85. The highest BCUT2D eigenvalue weighted by atomic mass is 19.1. The van der Waals surface area contributed by atoms with Crippen LogP contribution in [0.5, 0.6) is 0 Å². The van der Waals surface area contributed by atoms with E-state index >= 15 is 0 Å². The highest BCUT2D eigenvalue weighted by Gasteiger charge is 2.38. The zero-order valence-corrected chi connectivity index (χ0v) is 24.3. The molecule has 2 aliphatic heterocycles. The number of nitrogens with zero attached hydrogens (tertiary/aromatic N) is 6. The molecule has 1 fully saturated rings. The van der Waals surface area contributed by atoms with Crippen molar-refractivity contribution in [2.45, 2.75) is 51.5 Å². The number of alkyl halides is 1. The number of fused-ring (bicyclic) bond motifs is 1. The number of piperidine rings is 1. The van der Waals surface area contributed by atoms with Gasteiger partial charge in [-0.05, 0) is 73.0 Å². The average Bonchev–Trinajstić information content (AvgIpc) is 3.63. The maximum Gasteiger partial charge on any atom is 0.292 e. The Morgan fingerprint density at radius 1 is 1.07 bits per heavy atom. The summed E-state index contributed by atoms with van der Waals surface area (Å²) < 4.78 is 20.0. The molecule has 2 aromatic heterocycles. The summed E-state index contributed by atoms with van der Waals surface area (Å²) in [5.41, 5.74) is 1.25. The van der Waals surface area contributed by atoms with Crippen molar-refractivity contribution in [2.75, 3.05) is 18.4 Å². The Hall–Kier alpha value is -4.80. The molecule has 0 radical (unpaired) electrons. The molecule has 0 aliphatic carbocycles. The number of rotatable bonds is 7. The Labute approximate surface area is 248 Å². The summed E-state index contributed by atoms with van der Waals surface area (Å²) in [5.74, 6) is -0.0489. The van der Waals surface area contributed by atoms with E-state index in [9.17, 15) is 14.0 Å². The van der Waals surface area contributed by atoms with E-state index in [1.54, 1.807) is 41.3 Å². The highest BCUT2D eigenvalue weighted by molar-refractivity contribution is 5.98. The zero-order valence-electron chi connectivity index (χ0n) is 24.3. The summed E-state index contributed by atoms with van der Waals surface area (Å²) in [4.78, 5) is 33.5. The lowest BCUT2D eigenvalue weighted by molar-refractivity contribution is -0.647. The molecule has 2 aromatic carbocycles. The van der Waals surface area contributed by atoms with E-state index in [2.05, 4.69) is 37.9 Å². The van der Waals surface area contributed by atoms with Crippen LogP contribution in [0.3, 0.4) is 0 Å². The monoisotopic (exact) mass is 582 g/mol. The normalized spacial score (nSPS) is 18.1. The SMILES string of the molecule is CC1N=N[N+](C(c2ccccc2)C2CCN(C(=O)c3cc(-c4cc5cc(NC(=O)C(C)(C)F)ccc5o4)ccn3)CC2)=N1. The van der Waals surface area contributed by atoms with Crippen molar-refractivity contribution in [3.63, 3.8) is 0 Å². The van der Waals surface area contributed by atoms with Crippen LogP contribution in [0.2, 0.25) is 0 Å². The van der Waals surface area contributed by atoms with Gasteiger partial charge >= 0.3 is 0 Å². The minimum Gasteiger partial charge on any atom is -0.456 e. The van der Waals surface area contributed by atoms with Crippen molar-refractivity contribution in [3.05, 3.63) is 84.2 Å². The summed E-state index contributed by atoms with van der Waals surface area (Å²) in [6, 6.07) is 20.6. The van der Waals surface area contributed by atoms with E-state index in [1.807, 2.05) is 36.1 Å². The fraction of sp³-hybridized carbons (Fsp3) is 0.344. The minimum absolute atomic E-state index is 0.0426. The summed E-state index contributed by atoms with van der Waals surface area (Å²) in [7, 11) is 0. The van der Waals surface area contributed by atoms with Crippen LogP contribution in [-0.2, 0) is 4.79 Å². The second-order valence-corrected chi connectivity index (χ2v) is 11.5. The van der Waals surface area contributed by atoms with E-state index in [1.165, 1.54) is 13.8 Å². The number of halogens is 1. The Bertz CT molecular complexity index is 1720. The predicted octanol–water partition coefficient (Wildman–Crippen LogP) is 6.97. The number of pyridine rings is 1. The van der Waals surface area contributed by atoms with Gasteiger partial charge in [0.2, 0.25) is 0 Å². The van der Waals surface area contributed by atoms with Crippen molar-refractivity contribution in [1.29, 1.82) is 0 Å². The fourth-order valence-electron chi connectivity index (χ4n) is 5.54. The molecule has 10 nitrogen and oxygen atoms in total. The molecule has 4 aromatic rings. The third kappa shape index (κ3) is 6.06. The van der Waals surface area contributed by atoms with Gasteiger partial charge in [0.25, 0.3) is 18.0 Å². The summed E-state index contributed by atoms with van der Waals surface area (Å²) >= 11 is 0. The number of amides is 2. The van der Waals surface area contributed by atoms with Crippen molar-refractivity contribution < 1.29 is 23.2 Å². The lowest BCUT2D eigenvalue weighted by Crippen LogP contribution is -2.41. The van der Waals surface area contributed by atoms with Gasteiger partial charge in [0.05, 0.1) is 5.11 Å². The van der Waals surface area contributed by atoms with Gasteiger partial charge in [-0.3, -0.25) is 14.6 Å². The van der Waals surface area contributed by atoms with E-state index in [4.69, 9.17) is 4.42 Å². The van der Waals surface area contributed by atoms with Crippen LogP contribution in [0.25, 0.3) is 22.3 Å². The zero-order chi connectivity index (χ0) is 30.1. The van der Waals surface area contributed by atoms with E-state index in [0.29, 0.717) is 41.4 Å². The standard InChI is InChI=1S/C32H32FN7O3/c1-20-36-38-40(37-20)29(21-7-5-4-6-8-21)22-12-15-39(16-13-22)30(41)26-18-23(11-14-34-26)28-19-24-17-25(9-10-27(24)43-28)35-31(42)32(2,3)33/h4-11,14,17-20,22,29H,12-13,15-16H2,1-3H3/p+1. The highest BCUT2D eigenvalue weighted by Crippen LogP contribution is 2.36. The second kappa shape index (κ2) is 11.5. The van der Waals surface area contributed by atoms with Crippen LogP contribution in [0.15, 0.2) is 92.8 Å². The molecule has 2 aliphatic rings. The van der Waals surface area contributed by atoms with Crippen LogP contribution in [0.4, 0.5) is 10.1 Å². The number of azo groups is 1. The number of likely N-dealkylation sites (tertiary alicyclic amines) is 1. The van der Waals surface area contributed by atoms with Gasteiger partial charge in [0.1, 0.15) is 17.0 Å². The first-order valence-electron chi connectivity index (χ1n) is 14.4. The summed E-state index contributed by atoms with van der Waals surface area (Å²) in [5, 5.41) is 16.4. The smallest absolute Gasteiger partial charge is 0.292 e. The summed E-state index contributed by atoms with van der Waals surface area (Å²) in [6.45, 7) is 5.51. The molecule has 11 heteroatoms. The number of hydrogen-bond donors (Lipinski definition) is 1. The van der Waals surface area contributed by atoms with Crippen molar-refractivity contribution in [1.82, 2.24) is 9.88 Å². The van der Waals surface area contributed by atoms with E-state index in [0.717, 1.165) is 23.8 Å². The van der Waals surface area contributed by atoms with Crippen LogP contribution in [0.1, 0.15) is 55.7 Å². The number of nitrogens with one attached hydrogen (secondary N) is 1. The first-order valence-corrected chi connectivity index (χ1v) is 14.4. The van der Waals surface area contributed by atoms with Crippen LogP contribution in [0, 0.1) is 5.92 Å². The average molecular weight is 583 g/mol. The molecule has 220 valence electrons. The molecular weight excluding hydrogens is 549 g/mol. The maximum absolute atomic E-state index is 14.0. The molecule has 1 N–H and O–H groups in total. The number of carbonyl (C=O) groups excluding carboxylic acids is 2. The van der Waals surface area contributed by atoms with Gasteiger partial charge in [0, 0.05) is 54.3 Å². The first kappa shape index (κ1) is 28.3. The minimum atomic E-state index is -2.00. The molecule has 0 spiro atoms. The lowest BCUT2D eigenvalue weighted by Gasteiger charge is -2.34. The number of aromatic nitrogens is 1. The van der Waals surface area contributed by atoms with E-state index < -0.39 is 11.6 Å². The molecule has 2 amide bonds. The number of carbonyl (C=O) groups is 2. The largest absolute Gasteiger partial charge is 0.456 e. The molecule has 0 saturated carbocycles. The van der Waals surface area contributed by atoms with Gasteiger partial charge in [-0.25, -0.2) is 4.39 Å². The van der Waals surface area contributed by atoms with E-state index in [-0.39, 0.29) is 24.0 Å². The van der Waals surface area contributed by atoms with Crippen LogP contribution >= 0.6 is 0 Å². The number of benzene rings is 2. The predicted molar refractivity (Wildman–Crippen MR) is 158 cm³/mol. The van der Waals surface area contributed by atoms with Gasteiger partial charge in [-0.15, -0.1) is 0 Å². The molecule has 1 saturated heterocycles. The van der Waals surface area contributed by atoms with Gasteiger partial charge in [-0.2, -0.15) is 0 Å². The fourth-order valence-corrected chi connectivity index (χ4v) is 5.54. The number of furan rings is 1.